The van der Waals surface area contributed by atoms with Crippen LogP contribution in [0.4, 0.5) is 0 Å². The van der Waals surface area contributed by atoms with Crippen LogP contribution in [-0.2, 0) is 9.59 Å². The zero-order valence-electron chi connectivity index (χ0n) is 11.8. The highest BCUT2D eigenvalue weighted by molar-refractivity contribution is 9.10. The third kappa shape index (κ3) is 4.86. The maximum Gasteiger partial charge on any atom is 0.326 e. The number of carbonyl (C=O) groups excluding carboxylic acids is 2. The number of nitrogens with zero attached hydrogens (tertiary/aromatic N) is 1. The second kappa shape index (κ2) is 7.78. The number of carbonyl (C=O) groups is 3. The summed E-state index contributed by atoms with van der Waals surface area (Å²) in [6.07, 6.45) is 0.303. The number of nitrogens with one attached hydrogen (secondary N) is 1. The number of carboxylic acid groups (broad SMARTS) is 1. The molecule has 6 nitrogen and oxygen atoms in total. The Labute approximate surface area is 131 Å². The summed E-state index contributed by atoms with van der Waals surface area (Å²) in [5.74, 6) is -1.90. The van der Waals surface area contributed by atoms with Crippen LogP contribution in [0, 0.1) is 0 Å². The molecule has 7 heteroatoms. The van der Waals surface area contributed by atoms with Gasteiger partial charge in [-0.3, -0.25) is 9.59 Å². The number of rotatable bonds is 6. The van der Waals surface area contributed by atoms with Gasteiger partial charge < -0.3 is 15.3 Å². The summed E-state index contributed by atoms with van der Waals surface area (Å²) in [6.45, 7) is 1.44. The SMILES string of the molecule is CCC(C(=O)O)N(C)C(=O)CNC(=O)c1cccc(Br)c1. The molecule has 0 spiro atoms. The first-order valence-electron chi connectivity index (χ1n) is 6.39. The van der Waals surface area contributed by atoms with Crippen LogP contribution in [0.5, 0.6) is 0 Å². The maximum absolute atomic E-state index is 11.9. The molecule has 1 rings (SSSR count). The minimum Gasteiger partial charge on any atom is -0.480 e. The van der Waals surface area contributed by atoms with Crippen LogP contribution in [0.3, 0.4) is 0 Å². The van der Waals surface area contributed by atoms with Crippen LogP contribution in [-0.4, -0.2) is 47.4 Å². The van der Waals surface area contributed by atoms with E-state index in [9.17, 15) is 14.4 Å². The first-order valence-corrected chi connectivity index (χ1v) is 7.18. The van der Waals surface area contributed by atoms with E-state index >= 15 is 0 Å². The lowest BCUT2D eigenvalue weighted by molar-refractivity contribution is -0.148. The molecule has 0 saturated heterocycles. The molecule has 0 bridgehead atoms. The number of aliphatic carboxylic acids is 1. The van der Waals surface area contributed by atoms with Gasteiger partial charge in [0, 0.05) is 17.1 Å². The molecule has 1 aromatic carbocycles. The maximum atomic E-state index is 11.9. The standard InChI is InChI=1S/C14H17BrN2O4/c1-3-11(14(20)21)17(2)12(18)8-16-13(19)9-5-4-6-10(15)7-9/h4-7,11H,3,8H2,1-2H3,(H,16,19)(H,20,21). The molecule has 0 saturated carbocycles. The number of carboxylic acids is 1. The lowest BCUT2D eigenvalue weighted by Crippen LogP contribution is -2.46. The highest BCUT2D eigenvalue weighted by Crippen LogP contribution is 2.11. The molecule has 0 radical (unpaired) electrons. The van der Waals surface area contributed by atoms with Crippen molar-refractivity contribution < 1.29 is 19.5 Å². The predicted octanol–water partition coefficient (Wildman–Crippen LogP) is 1.50. The van der Waals surface area contributed by atoms with Crippen LogP contribution in [0.2, 0.25) is 0 Å². The molecule has 1 atom stereocenters. The molecule has 1 aromatic rings. The van der Waals surface area contributed by atoms with Crippen molar-refractivity contribution in [3.8, 4) is 0 Å². The zero-order valence-corrected chi connectivity index (χ0v) is 13.4. The monoisotopic (exact) mass is 356 g/mol. The number of hydrogen-bond donors (Lipinski definition) is 2. The van der Waals surface area contributed by atoms with Crippen molar-refractivity contribution in [2.75, 3.05) is 13.6 Å². The van der Waals surface area contributed by atoms with Crippen LogP contribution in [0.15, 0.2) is 28.7 Å². The van der Waals surface area contributed by atoms with Crippen molar-refractivity contribution in [2.45, 2.75) is 19.4 Å². The molecule has 1 unspecified atom stereocenters. The lowest BCUT2D eigenvalue weighted by Gasteiger charge is -2.23. The average molecular weight is 357 g/mol. The van der Waals surface area contributed by atoms with Crippen LogP contribution >= 0.6 is 15.9 Å². The van der Waals surface area contributed by atoms with Crippen molar-refractivity contribution in [3.05, 3.63) is 34.3 Å². The van der Waals surface area contributed by atoms with E-state index in [0.29, 0.717) is 12.0 Å². The van der Waals surface area contributed by atoms with Gasteiger partial charge in [-0.2, -0.15) is 0 Å². The summed E-state index contributed by atoms with van der Waals surface area (Å²) in [7, 11) is 1.41. The van der Waals surface area contributed by atoms with Gasteiger partial charge in [-0.15, -0.1) is 0 Å². The second-order valence-electron chi connectivity index (χ2n) is 4.46. The van der Waals surface area contributed by atoms with Crippen molar-refractivity contribution in [2.24, 2.45) is 0 Å². The Morgan fingerprint density at radius 3 is 2.57 bits per heavy atom. The van der Waals surface area contributed by atoms with Gasteiger partial charge in [0.1, 0.15) is 6.04 Å². The number of hydrogen-bond acceptors (Lipinski definition) is 3. The van der Waals surface area contributed by atoms with Crippen molar-refractivity contribution in [1.29, 1.82) is 0 Å². The van der Waals surface area contributed by atoms with Gasteiger partial charge in [0.15, 0.2) is 0 Å². The van der Waals surface area contributed by atoms with E-state index in [0.717, 1.165) is 9.37 Å². The van der Waals surface area contributed by atoms with Gasteiger partial charge >= 0.3 is 5.97 Å². The molecule has 0 aromatic heterocycles. The van der Waals surface area contributed by atoms with E-state index in [1.165, 1.54) is 7.05 Å². The number of halogens is 1. The van der Waals surface area contributed by atoms with Crippen LogP contribution < -0.4 is 5.32 Å². The minimum atomic E-state index is -1.06. The summed E-state index contributed by atoms with van der Waals surface area (Å²) < 4.78 is 0.760. The number of amides is 2. The Balaban J connectivity index is 2.60. The van der Waals surface area contributed by atoms with E-state index < -0.39 is 17.9 Å². The summed E-state index contributed by atoms with van der Waals surface area (Å²) in [5, 5.41) is 11.5. The van der Waals surface area contributed by atoms with E-state index in [2.05, 4.69) is 21.2 Å². The third-order valence-corrected chi connectivity index (χ3v) is 3.51. The normalized spacial score (nSPS) is 11.6. The molecule has 2 amide bonds. The predicted molar refractivity (Wildman–Crippen MR) is 81.0 cm³/mol. The molecule has 0 aliphatic heterocycles. The fraction of sp³-hybridized carbons (Fsp3) is 0.357. The molecule has 0 fully saturated rings. The van der Waals surface area contributed by atoms with Crippen molar-refractivity contribution in [1.82, 2.24) is 10.2 Å². The Morgan fingerprint density at radius 1 is 1.38 bits per heavy atom. The number of benzene rings is 1. The third-order valence-electron chi connectivity index (χ3n) is 3.02. The van der Waals surface area contributed by atoms with Gasteiger partial charge in [0.05, 0.1) is 6.54 Å². The van der Waals surface area contributed by atoms with Crippen LogP contribution in [0.1, 0.15) is 23.7 Å². The van der Waals surface area contributed by atoms with Gasteiger partial charge in [-0.25, -0.2) is 4.79 Å². The van der Waals surface area contributed by atoms with E-state index in [4.69, 9.17) is 5.11 Å². The largest absolute Gasteiger partial charge is 0.480 e. The summed E-state index contributed by atoms with van der Waals surface area (Å²) in [6, 6.07) is 5.87. The molecule has 21 heavy (non-hydrogen) atoms. The van der Waals surface area contributed by atoms with Crippen LogP contribution in [0.25, 0.3) is 0 Å². The molecule has 0 aliphatic rings. The fourth-order valence-corrected chi connectivity index (χ4v) is 2.20. The molecular weight excluding hydrogens is 340 g/mol. The Kier molecular flexibility index (Phi) is 6.36. The van der Waals surface area contributed by atoms with E-state index in [-0.39, 0.29) is 12.5 Å². The summed E-state index contributed by atoms with van der Waals surface area (Å²) in [5.41, 5.74) is 0.421. The van der Waals surface area contributed by atoms with Crippen molar-refractivity contribution >= 4 is 33.7 Å². The average Bonchev–Trinajstić information content (AvgIpc) is 2.44. The molecule has 0 aliphatic carbocycles. The smallest absolute Gasteiger partial charge is 0.326 e. The topological polar surface area (TPSA) is 86.7 Å². The molecule has 0 heterocycles. The van der Waals surface area contributed by atoms with Gasteiger partial charge in [-0.1, -0.05) is 28.9 Å². The van der Waals surface area contributed by atoms with Crippen molar-refractivity contribution in [3.63, 3.8) is 0 Å². The quantitative estimate of drug-likeness (QED) is 0.808. The van der Waals surface area contributed by atoms with Gasteiger partial charge in [-0.05, 0) is 24.6 Å². The van der Waals surface area contributed by atoms with Gasteiger partial charge in [0.25, 0.3) is 5.91 Å². The Bertz CT molecular complexity index is 548. The summed E-state index contributed by atoms with van der Waals surface area (Å²) in [4.78, 5) is 35.9. The Morgan fingerprint density at radius 2 is 2.05 bits per heavy atom. The molecule has 2 N–H and O–H groups in total. The first kappa shape index (κ1) is 17.2. The van der Waals surface area contributed by atoms with E-state index in [1.807, 2.05) is 0 Å². The first-order chi connectivity index (χ1) is 9.86. The molecule has 114 valence electrons. The van der Waals surface area contributed by atoms with E-state index in [1.54, 1.807) is 31.2 Å². The summed E-state index contributed by atoms with van der Waals surface area (Å²) >= 11 is 3.26. The zero-order chi connectivity index (χ0) is 16.0. The highest BCUT2D eigenvalue weighted by Gasteiger charge is 2.24. The second-order valence-corrected chi connectivity index (χ2v) is 5.38. The highest BCUT2D eigenvalue weighted by atomic mass is 79.9. The minimum absolute atomic E-state index is 0.244. The number of likely N-dealkylation sites (N-methyl/N-ethyl adjacent to an activating group) is 1. The lowest BCUT2D eigenvalue weighted by atomic mass is 10.2. The Hall–Kier alpha value is -1.89. The fourth-order valence-electron chi connectivity index (χ4n) is 1.80. The van der Waals surface area contributed by atoms with Gasteiger partial charge in [0.2, 0.25) is 5.91 Å². The molecular formula is C14H17BrN2O4.